The van der Waals surface area contributed by atoms with Gasteiger partial charge in [0.05, 0.1) is 17.3 Å². The van der Waals surface area contributed by atoms with Crippen LogP contribution in [0.25, 0.3) is 22.6 Å². The topological polar surface area (TPSA) is 61.3 Å². The second-order valence-electron chi connectivity index (χ2n) is 4.07. The number of nitrogens with zero attached hydrogens (tertiary/aromatic N) is 1. The molecule has 19 heavy (non-hydrogen) atoms. The highest BCUT2D eigenvalue weighted by molar-refractivity contribution is 9.10. The van der Waals surface area contributed by atoms with Crippen molar-refractivity contribution in [3.8, 4) is 17.2 Å². The van der Waals surface area contributed by atoms with Crippen molar-refractivity contribution in [1.82, 2.24) is 4.98 Å². The summed E-state index contributed by atoms with van der Waals surface area (Å²) in [5.74, 6) is 1.15. The van der Waals surface area contributed by atoms with Gasteiger partial charge >= 0.3 is 0 Å². The summed E-state index contributed by atoms with van der Waals surface area (Å²) in [6, 6.07) is 11.3. The molecule has 0 spiro atoms. The number of fused-ring (bicyclic) bond motifs is 1. The Morgan fingerprint density at radius 3 is 2.74 bits per heavy atom. The van der Waals surface area contributed by atoms with Crippen LogP contribution in [0.1, 0.15) is 0 Å². The zero-order chi connectivity index (χ0) is 13.4. The quantitative estimate of drug-likeness (QED) is 0.729. The molecule has 0 amide bonds. The third kappa shape index (κ3) is 2.06. The Balaban J connectivity index is 2.16. The van der Waals surface area contributed by atoms with E-state index in [9.17, 15) is 0 Å². The Morgan fingerprint density at radius 1 is 1.26 bits per heavy atom. The summed E-state index contributed by atoms with van der Waals surface area (Å²) < 4.78 is 11.7. The molecule has 4 nitrogen and oxygen atoms in total. The number of aromatic nitrogens is 1. The first-order chi connectivity index (χ1) is 9.19. The van der Waals surface area contributed by atoms with Gasteiger partial charge in [0.15, 0.2) is 11.3 Å². The van der Waals surface area contributed by atoms with Crippen molar-refractivity contribution >= 4 is 32.7 Å². The predicted molar refractivity (Wildman–Crippen MR) is 78.1 cm³/mol. The number of oxazole rings is 1. The summed E-state index contributed by atoms with van der Waals surface area (Å²) in [7, 11) is 1.58. The molecule has 2 N–H and O–H groups in total. The molecule has 0 aliphatic heterocycles. The molecule has 1 aromatic heterocycles. The SMILES string of the molecule is COc1c(N)cc(-c2nc3ccccc3o2)cc1Br. The molecule has 0 aliphatic rings. The van der Waals surface area contributed by atoms with Gasteiger partial charge in [0.1, 0.15) is 5.52 Å². The molecule has 2 aromatic carbocycles. The molecule has 3 aromatic rings. The van der Waals surface area contributed by atoms with Crippen molar-refractivity contribution in [3.63, 3.8) is 0 Å². The van der Waals surface area contributed by atoms with Gasteiger partial charge in [-0.3, -0.25) is 0 Å². The van der Waals surface area contributed by atoms with E-state index < -0.39 is 0 Å². The van der Waals surface area contributed by atoms with Gasteiger partial charge in [-0.25, -0.2) is 4.98 Å². The van der Waals surface area contributed by atoms with Crippen LogP contribution in [0.5, 0.6) is 5.75 Å². The van der Waals surface area contributed by atoms with Crippen LogP contribution in [0, 0.1) is 0 Å². The van der Waals surface area contributed by atoms with Gasteiger partial charge in [0.25, 0.3) is 0 Å². The monoisotopic (exact) mass is 318 g/mol. The first-order valence-corrected chi connectivity index (χ1v) is 6.47. The van der Waals surface area contributed by atoms with Crippen molar-refractivity contribution in [2.45, 2.75) is 0 Å². The van der Waals surface area contributed by atoms with Gasteiger partial charge in [-0.2, -0.15) is 0 Å². The van der Waals surface area contributed by atoms with Crippen molar-refractivity contribution in [3.05, 3.63) is 40.9 Å². The highest BCUT2D eigenvalue weighted by Crippen LogP contribution is 2.36. The molecule has 0 unspecified atom stereocenters. The Bertz CT molecular complexity index is 696. The molecule has 0 saturated carbocycles. The summed E-state index contributed by atoms with van der Waals surface area (Å²) >= 11 is 3.42. The number of hydrogen-bond donors (Lipinski definition) is 1. The number of ether oxygens (including phenoxy) is 1. The molecule has 96 valence electrons. The smallest absolute Gasteiger partial charge is 0.227 e. The normalized spacial score (nSPS) is 10.8. The lowest BCUT2D eigenvalue weighted by Crippen LogP contribution is -1.94. The largest absolute Gasteiger partial charge is 0.493 e. The van der Waals surface area contributed by atoms with E-state index in [0.717, 1.165) is 21.1 Å². The Kier molecular flexibility index (Phi) is 2.91. The number of nitrogens with two attached hydrogens (primary N) is 1. The zero-order valence-corrected chi connectivity index (χ0v) is 11.8. The second-order valence-corrected chi connectivity index (χ2v) is 4.92. The van der Waals surface area contributed by atoms with E-state index >= 15 is 0 Å². The number of benzene rings is 2. The molecular formula is C14H11BrN2O2. The maximum atomic E-state index is 5.94. The number of anilines is 1. The van der Waals surface area contributed by atoms with Crippen LogP contribution in [0.3, 0.4) is 0 Å². The molecule has 0 bridgehead atoms. The van der Waals surface area contributed by atoms with Gasteiger partial charge in [-0.15, -0.1) is 0 Å². The van der Waals surface area contributed by atoms with E-state index in [2.05, 4.69) is 20.9 Å². The summed E-state index contributed by atoms with van der Waals surface area (Å²) in [6.45, 7) is 0. The lowest BCUT2D eigenvalue weighted by Gasteiger charge is -2.08. The number of hydrogen-bond acceptors (Lipinski definition) is 4. The highest BCUT2D eigenvalue weighted by Gasteiger charge is 2.13. The highest BCUT2D eigenvalue weighted by atomic mass is 79.9. The molecular weight excluding hydrogens is 308 g/mol. The maximum absolute atomic E-state index is 5.94. The van der Waals surface area contributed by atoms with Crippen molar-refractivity contribution < 1.29 is 9.15 Å². The number of para-hydroxylation sites is 2. The molecule has 0 radical (unpaired) electrons. The Morgan fingerprint density at radius 2 is 2.05 bits per heavy atom. The fourth-order valence-corrected chi connectivity index (χ4v) is 2.59. The minimum atomic E-state index is 0.536. The number of rotatable bonds is 2. The van der Waals surface area contributed by atoms with Crippen LogP contribution in [0.2, 0.25) is 0 Å². The third-order valence-corrected chi connectivity index (χ3v) is 3.41. The molecule has 0 aliphatic carbocycles. The van der Waals surface area contributed by atoms with Crippen molar-refractivity contribution in [1.29, 1.82) is 0 Å². The summed E-state index contributed by atoms with van der Waals surface area (Å²) in [6.07, 6.45) is 0. The minimum absolute atomic E-state index is 0.536. The molecule has 0 atom stereocenters. The van der Waals surface area contributed by atoms with E-state index in [4.69, 9.17) is 14.9 Å². The second kappa shape index (κ2) is 4.59. The van der Waals surface area contributed by atoms with Gasteiger partial charge in [-0.05, 0) is 40.2 Å². The minimum Gasteiger partial charge on any atom is -0.493 e. The van der Waals surface area contributed by atoms with Crippen molar-refractivity contribution in [2.75, 3.05) is 12.8 Å². The molecule has 1 heterocycles. The van der Waals surface area contributed by atoms with Crippen LogP contribution < -0.4 is 10.5 Å². The van der Waals surface area contributed by atoms with Crippen LogP contribution in [0.4, 0.5) is 5.69 Å². The van der Waals surface area contributed by atoms with E-state index in [1.165, 1.54) is 0 Å². The fraction of sp³-hybridized carbons (Fsp3) is 0.0714. The molecule has 0 fully saturated rings. The average molecular weight is 319 g/mol. The first-order valence-electron chi connectivity index (χ1n) is 5.68. The average Bonchev–Trinajstić information content (AvgIpc) is 2.82. The van der Waals surface area contributed by atoms with E-state index in [1.807, 2.05) is 30.3 Å². The number of methoxy groups -OCH3 is 1. The summed E-state index contributed by atoms with van der Waals surface area (Å²) in [5.41, 5.74) is 8.86. The summed E-state index contributed by atoms with van der Waals surface area (Å²) in [5, 5.41) is 0. The Hall–Kier alpha value is -2.01. The molecule has 3 rings (SSSR count). The van der Waals surface area contributed by atoms with E-state index in [0.29, 0.717) is 17.3 Å². The first kappa shape index (κ1) is 12.0. The fourth-order valence-electron chi connectivity index (χ4n) is 1.95. The van der Waals surface area contributed by atoms with E-state index in [-0.39, 0.29) is 0 Å². The molecule has 0 saturated heterocycles. The zero-order valence-electron chi connectivity index (χ0n) is 10.2. The molecule has 5 heteroatoms. The lowest BCUT2D eigenvalue weighted by atomic mass is 10.2. The standard InChI is InChI=1S/C14H11BrN2O2/c1-18-13-9(15)6-8(7-10(13)16)14-17-11-4-2-3-5-12(11)19-14/h2-7H,16H2,1H3. The number of halogens is 1. The van der Waals surface area contributed by atoms with Crippen LogP contribution in [-0.4, -0.2) is 12.1 Å². The van der Waals surface area contributed by atoms with E-state index in [1.54, 1.807) is 13.2 Å². The summed E-state index contributed by atoms with van der Waals surface area (Å²) in [4.78, 5) is 4.44. The third-order valence-electron chi connectivity index (χ3n) is 2.82. The van der Waals surface area contributed by atoms with Gasteiger partial charge in [-0.1, -0.05) is 12.1 Å². The van der Waals surface area contributed by atoms with Crippen LogP contribution in [-0.2, 0) is 0 Å². The lowest BCUT2D eigenvalue weighted by molar-refractivity contribution is 0.414. The van der Waals surface area contributed by atoms with Gasteiger partial charge in [0, 0.05) is 5.56 Å². The van der Waals surface area contributed by atoms with Crippen LogP contribution in [0.15, 0.2) is 45.3 Å². The predicted octanol–water partition coefficient (Wildman–Crippen LogP) is 3.85. The maximum Gasteiger partial charge on any atom is 0.227 e. The van der Waals surface area contributed by atoms with Crippen molar-refractivity contribution in [2.24, 2.45) is 0 Å². The Labute approximate surface area is 118 Å². The number of nitrogen functional groups attached to an aromatic ring is 1. The van der Waals surface area contributed by atoms with Crippen LogP contribution >= 0.6 is 15.9 Å². The van der Waals surface area contributed by atoms with Gasteiger partial charge in [0.2, 0.25) is 5.89 Å². The van der Waals surface area contributed by atoms with Gasteiger partial charge < -0.3 is 14.9 Å².